The molecule has 1 aromatic heterocycles. The third kappa shape index (κ3) is 2.28. The largest absolute Gasteiger partial charge is 0.354 e. The van der Waals surface area contributed by atoms with Crippen molar-refractivity contribution >= 4 is 5.82 Å². The highest BCUT2D eigenvalue weighted by molar-refractivity contribution is 5.53. The number of aryl methyl sites for hydroxylation is 1. The average Bonchev–Trinajstić information content (AvgIpc) is 2.94. The van der Waals surface area contributed by atoms with E-state index in [2.05, 4.69) is 64.2 Å². The van der Waals surface area contributed by atoms with Gasteiger partial charge in [-0.3, -0.25) is 20.2 Å². The number of aromatic amines is 2. The molecule has 4 atom stereocenters. The fourth-order valence-electron chi connectivity index (χ4n) is 3.92. The average molecular weight is 327 g/mol. The monoisotopic (exact) mass is 327 g/mol. The molecule has 5 N–H and O–H groups in total. The maximum atomic E-state index is 12.5. The standard InChI is InChI=1S/C17H21N5O2/c1-3-9-4-6-10(7-5-9)12-11-8(2)21-22-15(11)18-14-13(12)16(23)20-17(24)19-14/h4-8,11-12,15,21-22H,3H2,1-2H3,(H3,18,19,20,23,24). The Labute approximate surface area is 138 Å². The Morgan fingerprint density at radius 3 is 2.50 bits per heavy atom. The fraction of sp³-hybridized carbons (Fsp3) is 0.412. The highest BCUT2D eigenvalue weighted by Gasteiger charge is 2.45. The first-order chi connectivity index (χ1) is 11.6. The van der Waals surface area contributed by atoms with Gasteiger partial charge in [-0.1, -0.05) is 31.2 Å². The van der Waals surface area contributed by atoms with Crippen LogP contribution in [0, 0.1) is 5.92 Å². The molecule has 2 aliphatic heterocycles. The number of hydrogen-bond donors (Lipinski definition) is 5. The van der Waals surface area contributed by atoms with Gasteiger partial charge in [0.25, 0.3) is 5.56 Å². The smallest absolute Gasteiger partial charge is 0.327 e. The van der Waals surface area contributed by atoms with Crippen LogP contribution in [0.5, 0.6) is 0 Å². The Bertz CT molecular complexity index is 870. The molecule has 2 aromatic rings. The number of hydrogen-bond acceptors (Lipinski definition) is 5. The minimum Gasteiger partial charge on any atom is -0.354 e. The normalized spacial score (nSPS) is 28.1. The lowest BCUT2D eigenvalue weighted by Gasteiger charge is -2.36. The topological polar surface area (TPSA) is 102 Å². The van der Waals surface area contributed by atoms with Gasteiger partial charge in [-0.15, -0.1) is 0 Å². The summed E-state index contributed by atoms with van der Waals surface area (Å²) < 4.78 is 0. The van der Waals surface area contributed by atoms with Crippen LogP contribution in [0.3, 0.4) is 0 Å². The maximum absolute atomic E-state index is 12.5. The predicted molar refractivity (Wildman–Crippen MR) is 92.0 cm³/mol. The van der Waals surface area contributed by atoms with E-state index in [1.165, 1.54) is 5.56 Å². The van der Waals surface area contributed by atoms with Crippen molar-refractivity contribution in [1.29, 1.82) is 0 Å². The summed E-state index contributed by atoms with van der Waals surface area (Å²) >= 11 is 0. The molecule has 2 aliphatic rings. The number of benzene rings is 1. The summed E-state index contributed by atoms with van der Waals surface area (Å²) in [5.41, 5.74) is 8.56. The molecular formula is C17H21N5O2. The van der Waals surface area contributed by atoms with Gasteiger partial charge in [-0.25, -0.2) is 10.2 Å². The van der Waals surface area contributed by atoms with Crippen molar-refractivity contribution in [3.8, 4) is 0 Å². The minimum absolute atomic E-state index is 0.0548. The van der Waals surface area contributed by atoms with Gasteiger partial charge >= 0.3 is 5.69 Å². The summed E-state index contributed by atoms with van der Waals surface area (Å²) in [5.74, 6) is 0.546. The molecule has 7 heteroatoms. The van der Waals surface area contributed by atoms with E-state index in [1.807, 2.05) is 0 Å². The van der Waals surface area contributed by atoms with Crippen molar-refractivity contribution in [2.75, 3.05) is 5.32 Å². The van der Waals surface area contributed by atoms with Crippen molar-refractivity contribution in [3.05, 3.63) is 61.8 Å². The van der Waals surface area contributed by atoms with Crippen LogP contribution in [-0.4, -0.2) is 22.2 Å². The van der Waals surface area contributed by atoms with E-state index in [1.54, 1.807) is 0 Å². The van der Waals surface area contributed by atoms with Gasteiger partial charge in [0.2, 0.25) is 0 Å². The lowest BCUT2D eigenvalue weighted by atomic mass is 9.75. The van der Waals surface area contributed by atoms with Gasteiger partial charge < -0.3 is 5.32 Å². The van der Waals surface area contributed by atoms with Crippen LogP contribution in [0.2, 0.25) is 0 Å². The molecule has 0 aliphatic carbocycles. The van der Waals surface area contributed by atoms with E-state index in [9.17, 15) is 9.59 Å². The number of anilines is 1. The molecule has 126 valence electrons. The molecule has 3 heterocycles. The Kier molecular flexibility index (Phi) is 3.54. The Balaban J connectivity index is 1.91. The van der Waals surface area contributed by atoms with Gasteiger partial charge in [-0.2, -0.15) is 0 Å². The number of hydrazine groups is 1. The summed E-state index contributed by atoms with van der Waals surface area (Å²) in [6.45, 7) is 4.21. The first-order valence-electron chi connectivity index (χ1n) is 8.31. The molecule has 1 saturated heterocycles. The summed E-state index contributed by atoms with van der Waals surface area (Å²) in [7, 11) is 0. The Morgan fingerprint density at radius 1 is 1.04 bits per heavy atom. The number of aromatic nitrogens is 2. The van der Waals surface area contributed by atoms with Gasteiger partial charge in [-0.05, 0) is 24.5 Å². The zero-order valence-corrected chi connectivity index (χ0v) is 13.6. The van der Waals surface area contributed by atoms with E-state index in [0.717, 1.165) is 12.0 Å². The van der Waals surface area contributed by atoms with Crippen LogP contribution in [-0.2, 0) is 6.42 Å². The second kappa shape index (κ2) is 5.61. The van der Waals surface area contributed by atoms with E-state index < -0.39 is 5.69 Å². The van der Waals surface area contributed by atoms with Crippen molar-refractivity contribution in [2.45, 2.75) is 38.4 Å². The summed E-state index contributed by atoms with van der Waals surface area (Å²) in [6, 6.07) is 8.56. The quantitative estimate of drug-likeness (QED) is 0.557. The van der Waals surface area contributed by atoms with Crippen LogP contribution in [0.4, 0.5) is 5.82 Å². The third-order valence-electron chi connectivity index (χ3n) is 5.15. The molecule has 1 fully saturated rings. The molecule has 0 radical (unpaired) electrons. The summed E-state index contributed by atoms with van der Waals surface area (Å²) in [6.07, 6.45) is 0.920. The lowest BCUT2D eigenvalue weighted by Crippen LogP contribution is -2.47. The third-order valence-corrected chi connectivity index (χ3v) is 5.15. The molecule has 4 rings (SSSR count). The fourth-order valence-corrected chi connectivity index (χ4v) is 3.92. The van der Waals surface area contributed by atoms with Crippen molar-refractivity contribution < 1.29 is 0 Å². The zero-order chi connectivity index (χ0) is 16.8. The summed E-state index contributed by atoms with van der Waals surface area (Å²) in [5, 5.41) is 3.24. The van der Waals surface area contributed by atoms with E-state index in [-0.39, 0.29) is 29.6 Å². The van der Waals surface area contributed by atoms with Crippen LogP contribution in [0.1, 0.15) is 36.5 Å². The van der Waals surface area contributed by atoms with Crippen LogP contribution in [0.25, 0.3) is 0 Å². The SMILES string of the molecule is CCc1ccc(C2c3c([nH]c(=O)[nH]c3=O)NC3NNC(C)C32)cc1. The van der Waals surface area contributed by atoms with Gasteiger partial charge in [0.15, 0.2) is 0 Å². The first-order valence-corrected chi connectivity index (χ1v) is 8.31. The Morgan fingerprint density at radius 2 is 1.79 bits per heavy atom. The first kappa shape index (κ1) is 15.2. The number of H-pyrrole nitrogens is 2. The summed E-state index contributed by atoms with van der Waals surface area (Å²) in [4.78, 5) is 29.3. The molecule has 24 heavy (non-hydrogen) atoms. The van der Waals surface area contributed by atoms with Gasteiger partial charge in [0, 0.05) is 17.9 Å². The van der Waals surface area contributed by atoms with Crippen molar-refractivity contribution in [1.82, 2.24) is 20.8 Å². The number of rotatable bonds is 2. The van der Waals surface area contributed by atoms with E-state index in [0.29, 0.717) is 11.4 Å². The molecule has 0 bridgehead atoms. The molecule has 7 nitrogen and oxygen atoms in total. The van der Waals surface area contributed by atoms with Crippen LogP contribution >= 0.6 is 0 Å². The number of fused-ring (bicyclic) bond motifs is 2. The number of nitrogens with one attached hydrogen (secondary N) is 5. The molecule has 1 aromatic carbocycles. The molecule has 4 unspecified atom stereocenters. The highest BCUT2D eigenvalue weighted by atomic mass is 16.2. The Hall–Kier alpha value is -2.38. The van der Waals surface area contributed by atoms with Crippen molar-refractivity contribution in [2.24, 2.45) is 5.92 Å². The maximum Gasteiger partial charge on any atom is 0.327 e. The predicted octanol–water partition coefficient (Wildman–Crippen LogP) is 0.622. The van der Waals surface area contributed by atoms with Gasteiger partial charge in [0.05, 0.1) is 11.7 Å². The molecule has 0 amide bonds. The molecular weight excluding hydrogens is 306 g/mol. The second-order valence-electron chi connectivity index (χ2n) is 6.55. The van der Waals surface area contributed by atoms with Crippen molar-refractivity contribution in [3.63, 3.8) is 0 Å². The van der Waals surface area contributed by atoms with E-state index >= 15 is 0 Å². The van der Waals surface area contributed by atoms with Crippen LogP contribution in [0.15, 0.2) is 33.9 Å². The second-order valence-corrected chi connectivity index (χ2v) is 6.55. The zero-order valence-electron chi connectivity index (χ0n) is 13.6. The minimum atomic E-state index is -0.496. The van der Waals surface area contributed by atoms with Gasteiger partial charge in [0.1, 0.15) is 5.82 Å². The van der Waals surface area contributed by atoms with Crippen LogP contribution < -0.4 is 27.4 Å². The lowest BCUT2D eigenvalue weighted by molar-refractivity contribution is 0.386. The highest BCUT2D eigenvalue weighted by Crippen LogP contribution is 2.42. The molecule has 0 saturated carbocycles. The molecule has 0 spiro atoms. The van der Waals surface area contributed by atoms with E-state index in [4.69, 9.17) is 0 Å².